The lowest BCUT2D eigenvalue weighted by molar-refractivity contribution is 0.102. The van der Waals surface area contributed by atoms with Crippen LogP contribution in [-0.4, -0.2) is 28.0 Å². The quantitative estimate of drug-likeness (QED) is 0.493. The topological polar surface area (TPSA) is 77.0 Å². The van der Waals surface area contributed by atoms with Crippen LogP contribution in [0.2, 0.25) is 0 Å². The van der Waals surface area contributed by atoms with E-state index in [0.717, 1.165) is 23.1 Å². The van der Waals surface area contributed by atoms with Crippen molar-refractivity contribution in [1.29, 1.82) is 0 Å². The lowest BCUT2D eigenvalue weighted by atomic mass is 10.0. The molecule has 3 heterocycles. The smallest absolute Gasteiger partial charge is 0.259 e. The van der Waals surface area contributed by atoms with Gasteiger partial charge in [0.05, 0.1) is 30.3 Å². The molecule has 0 fully saturated rings. The van der Waals surface area contributed by atoms with Crippen molar-refractivity contribution in [2.75, 3.05) is 12.4 Å². The van der Waals surface area contributed by atoms with E-state index in [1.165, 1.54) is 17.4 Å². The van der Waals surface area contributed by atoms with E-state index in [1.54, 1.807) is 36.9 Å². The van der Waals surface area contributed by atoms with Gasteiger partial charge in [0.2, 0.25) is 0 Å². The number of amides is 1. The van der Waals surface area contributed by atoms with Gasteiger partial charge in [-0.2, -0.15) is 0 Å². The van der Waals surface area contributed by atoms with Gasteiger partial charge in [0, 0.05) is 17.1 Å². The second-order valence-electron chi connectivity index (χ2n) is 6.44. The Labute approximate surface area is 176 Å². The molecule has 0 radical (unpaired) electrons. The van der Waals surface area contributed by atoms with Crippen LogP contribution < -0.4 is 10.1 Å². The molecule has 30 heavy (non-hydrogen) atoms. The van der Waals surface area contributed by atoms with Crippen LogP contribution in [0.1, 0.15) is 15.9 Å². The number of aromatic nitrogens is 3. The number of aryl methyl sites for hydroxylation is 1. The Balaban J connectivity index is 1.59. The largest absolute Gasteiger partial charge is 0.496 e. The second-order valence-corrected chi connectivity index (χ2v) is 7.30. The zero-order valence-electron chi connectivity index (χ0n) is 16.2. The maximum atomic E-state index is 13.1. The van der Waals surface area contributed by atoms with Gasteiger partial charge in [0.25, 0.3) is 5.91 Å². The maximum Gasteiger partial charge on any atom is 0.259 e. The van der Waals surface area contributed by atoms with Crippen LogP contribution in [0.3, 0.4) is 0 Å². The molecular weight excluding hydrogens is 403 g/mol. The molecule has 4 rings (SSSR count). The average molecular weight is 420 g/mol. The lowest BCUT2D eigenvalue weighted by Crippen LogP contribution is -2.13. The minimum absolute atomic E-state index is 0.320. The van der Waals surface area contributed by atoms with E-state index in [0.29, 0.717) is 27.8 Å². The van der Waals surface area contributed by atoms with E-state index in [1.807, 2.05) is 25.1 Å². The van der Waals surface area contributed by atoms with Gasteiger partial charge in [-0.1, -0.05) is 0 Å². The number of nitrogens with zero attached hydrogens (tertiary/aromatic N) is 3. The predicted octanol–water partition coefficient (Wildman–Crippen LogP) is 4.98. The Morgan fingerprint density at radius 3 is 2.73 bits per heavy atom. The zero-order valence-corrected chi connectivity index (χ0v) is 17.0. The van der Waals surface area contributed by atoms with Crippen LogP contribution in [0, 0.1) is 12.7 Å². The number of carbonyl (C=O) groups excluding carboxylic acids is 1. The lowest BCUT2D eigenvalue weighted by Gasteiger charge is -2.10. The minimum atomic E-state index is -0.416. The first-order valence-corrected chi connectivity index (χ1v) is 9.92. The van der Waals surface area contributed by atoms with Crippen molar-refractivity contribution in [2.45, 2.75) is 6.92 Å². The van der Waals surface area contributed by atoms with Crippen molar-refractivity contribution in [2.24, 2.45) is 0 Å². The molecule has 1 aromatic carbocycles. The van der Waals surface area contributed by atoms with Crippen molar-refractivity contribution in [1.82, 2.24) is 15.0 Å². The molecule has 0 spiro atoms. The number of ether oxygens (including phenoxy) is 1. The number of hydrogen-bond donors (Lipinski definition) is 1. The summed E-state index contributed by atoms with van der Waals surface area (Å²) in [5, 5.41) is 4.98. The fraction of sp³-hybridized carbons (Fsp3) is 0.0909. The van der Waals surface area contributed by atoms with E-state index in [-0.39, 0.29) is 5.91 Å². The Morgan fingerprint density at radius 1 is 1.13 bits per heavy atom. The molecule has 4 aromatic rings. The number of rotatable bonds is 5. The number of halogens is 1. The first kappa shape index (κ1) is 19.7. The summed E-state index contributed by atoms with van der Waals surface area (Å²) < 4.78 is 18.4. The van der Waals surface area contributed by atoms with Gasteiger partial charge in [0.1, 0.15) is 17.3 Å². The summed E-state index contributed by atoms with van der Waals surface area (Å²) in [4.78, 5) is 25.7. The van der Waals surface area contributed by atoms with Crippen LogP contribution in [0.5, 0.6) is 5.75 Å². The molecular formula is C22H17FN4O2S. The predicted molar refractivity (Wildman–Crippen MR) is 114 cm³/mol. The Kier molecular flexibility index (Phi) is 5.49. The number of hydrogen-bond acceptors (Lipinski definition) is 6. The number of carbonyl (C=O) groups is 1. The summed E-state index contributed by atoms with van der Waals surface area (Å²) in [6, 6.07) is 11.9. The second kappa shape index (κ2) is 8.38. The molecule has 0 unspecified atom stereocenters. The van der Waals surface area contributed by atoms with Crippen LogP contribution in [0.4, 0.5) is 9.52 Å². The molecule has 0 saturated heterocycles. The van der Waals surface area contributed by atoms with Crippen molar-refractivity contribution in [3.05, 3.63) is 77.2 Å². The number of anilines is 1. The van der Waals surface area contributed by atoms with E-state index < -0.39 is 5.82 Å². The van der Waals surface area contributed by atoms with Crippen molar-refractivity contribution in [3.63, 3.8) is 0 Å². The summed E-state index contributed by atoms with van der Waals surface area (Å²) in [6.07, 6.45) is 2.78. The summed E-state index contributed by atoms with van der Waals surface area (Å²) in [5.74, 6) is 0.0327. The molecule has 1 N–H and O–H groups in total. The highest BCUT2D eigenvalue weighted by Crippen LogP contribution is 2.28. The van der Waals surface area contributed by atoms with Gasteiger partial charge in [-0.15, -0.1) is 11.3 Å². The molecule has 0 aliphatic rings. The van der Waals surface area contributed by atoms with Gasteiger partial charge < -0.3 is 4.74 Å². The SMILES string of the molecule is COc1ccc(-c2ncccc2C(=O)Nc2nc(-c3ccc(F)cn3)cs2)cc1C. The molecule has 6 nitrogen and oxygen atoms in total. The van der Waals surface area contributed by atoms with E-state index in [4.69, 9.17) is 4.74 Å². The van der Waals surface area contributed by atoms with Gasteiger partial charge in [0.15, 0.2) is 5.13 Å². The van der Waals surface area contributed by atoms with Crippen molar-refractivity contribution < 1.29 is 13.9 Å². The van der Waals surface area contributed by atoms with Crippen LogP contribution in [-0.2, 0) is 0 Å². The molecule has 8 heteroatoms. The Morgan fingerprint density at radius 2 is 2.00 bits per heavy atom. The van der Waals surface area contributed by atoms with Crippen LogP contribution in [0.25, 0.3) is 22.6 Å². The highest BCUT2D eigenvalue weighted by Gasteiger charge is 2.17. The standard InChI is InChI=1S/C22H17FN4O2S/c1-13-10-14(5-8-19(13)29-2)20-16(4-3-9-24-20)21(28)27-22-26-18(12-30-22)17-7-6-15(23)11-25-17/h3-12H,1-2H3,(H,26,27,28). The maximum absolute atomic E-state index is 13.1. The molecule has 0 saturated carbocycles. The third-order valence-electron chi connectivity index (χ3n) is 4.44. The van der Waals surface area contributed by atoms with E-state index >= 15 is 0 Å². The Hall–Kier alpha value is -3.65. The fourth-order valence-corrected chi connectivity index (χ4v) is 3.68. The Bertz CT molecular complexity index is 1210. The molecule has 150 valence electrons. The van der Waals surface area contributed by atoms with E-state index in [9.17, 15) is 9.18 Å². The number of thiazole rings is 1. The monoisotopic (exact) mass is 420 g/mol. The molecule has 0 aliphatic carbocycles. The molecule has 0 aliphatic heterocycles. The summed E-state index contributed by atoms with van der Waals surface area (Å²) in [5.41, 5.74) is 3.85. The molecule has 0 atom stereocenters. The highest BCUT2D eigenvalue weighted by atomic mass is 32.1. The summed E-state index contributed by atoms with van der Waals surface area (Å²) in [6.45, 7) is 1.94. The van der Waals surface area contributed by atoms with Crippen molar-refractivity contribution >= 4 is 22.4 Å². The van der Waals surface area contributed by atoms with Gasteiger partial charge in [-0.3, -0.25) is 20.1 Å². The third kappa shape index (κ3) is 4.04. The van der Waals surface area contributed by atoms with Crippen LogP contribution in [0.15, 0.2) is 60.2 Å². The number of methoxy groups -OCH3 is 1. The number of benzene rings is 1. The zero-order chi connectivity index (χ0) is 21.1. The normalized spacial score (nSPS) is 10.6. The average Bonchev–Trinajstić information content (AvgIpc) is 3.22. The van der Waals surface area contributed by atoms with Crippen LogP contribution >= 0.6 is 11.3 Å². The minimum Gasteiger partial charge on any atom is -0.496 e. The van der Waals surface area contributed by atoms with Gasteiger partial charge >= 0.3 is 0 Å². The van der Waals surface area contributed by atoms with Gasteiger partial charge in [-0.25, -0.2) is 9.37 Å². The first-order valence-electron chi connectivity index (χ1n) is 9.04. The van der Waals surface area contributed by atoms with Crippen molar-refractivity contribution in [3.8, 4) is 28.4 Å². The number of nitrogens with one attached hydrogen (secondary N) is 1. The molecule has 1 amide bonds. The third-order valence-corrected chi connectivity index (χ3v) is 5.19. The first-order chi connectivity index (χ1) is 14.5. The van der Waals surface area contributed by atoms with Gasteiger partial charge in [-0.05, 0) is 55.0 Å². The number of pyridine rings is 2. The summed E-state index contributed by atoms with van der Waals surface area (Å²) >= 11 is 1.27. The highest BCUT2D eigenvalue weighted by molar-refractivity contribution is 7.14. The summed E-state index contributed by atoms with van der Waals surface area (Å²) in [7, 11) is 1.62. The molecule has 0 bridgehead atoms. The molecule has 3 aromatic heterocycles. The van der Waals surface area contributed by atoms with E-state index in [2.05, 4.69) is 20.3 Å². The fourth-order valence-electron chi connectivity index (χ4n) is 2.98.